The number of nitrogens with zero attached hydrogens (tertiary/aromatic N) is 1. The molecule has 0 amide bonds. The minimum atomic E-state index is 0.457. The van der Waals surface area contributed by atoms with Crippen molar-refractivity contribution in [2.45, 2.75) is 19.8 Å². The standard InChI is InChI=1S/C12H12N2S/c1-7(2)8-4-3-5-9-10(6-13)12(14)15-11(8)9/h3-5,7H,14H2,1-2H3. The Bertz CT molecular complexity index is 546. The van der Waals surface area contributed by atoms with E-state index < -0.39 is 0 Å². The quantitative estimate of drug-likeness (QED) is 0.793. The predicted octanol–water partition coefficient (Wildman–Crippen LogP) is 3.48. The first kappa shape index (κ1) is 10.0. The van der Waals surface area contributed by atoms with Gasteiger partial charge in [-0.25, -0.2) is 0 Å². The van der Waals surface area contributed by atoms with Gasteiger partial charge in [0, 0.05) is 10.1 Å². The molecule has 1 heterocycles. The van der Waals surface area contributed by atoms with Crippen LogP contribution in [0.2, 0.25) is 0 Å². The molecule has 0 aliphatic rings. The van der Waals surface area contributed by atoms with Crippen molar-refractivity contribution in [3.8, 4) is 6.07 Å². The number of benzene rings is 1. The molecule has 76 valence electrons. The monoisotopic (exact) mass is 216 g/mol. The van der Waals surface area contributed by atoms with E-state index in [-0.39, 0.29) is 0 Å². The fourth-order valence-electron chi connectivity index (χ4n) is 1.73. The molecule has 0 fully saturated rings. The van der Waals surface area contributed by atoms with E-state index >= 15 is 0 Å². The van der Waals surface area contributed by atoms with Gasteiger partial charge in [-0.1, -0.05) is 32.0 Å². The first-order valence-electron chi connectivity index (χ1n) is 4.86. The lowest BCUT2D eigenvalue weighted by molar-refractivity contribution is 0.878. The zero-order valence-corrected chi connectivity index (χ0v) is 9.56. The van der Waals surface area contributed by atoms with Gasteiger partial charge in [-0.3, -0.25) is 0 Å². The SMILES string of the molecule is CC(C)c1cccc2c(C#N)c(N)sc12. The highest BCUT2D eigenvalue weighted by Gasteiger charge is 2.13. The van der Waals surface area contributed by atoms with Gasteiger partial charge in [-0.15, -0.1) is 11.3 Å². The molecule has 0 saturated heterocycles. The first-order valence-corrected chi connectivity index (χ1v) is 5.67. The number of nitriles is 1. The Morgan fingerprint density at radius 3 is 2.73 bits per heavy atom. The van der Waals surface area contributed by atoms with E-state index in [0.717, 1.165) is 10.1 Å². The summed E-state index contributed by atoms with van der Waals surface area (Å²) in [4.78, 5) is 0. The highest BCUT2D eigenvalue weighted by molar-refractivity contribution is 7.23. The topological polar surface area (TPSA) is 49.8 Å². The molecule has 0 saturated carbocycles. The third kappa shape index (κ3) is 1.47. The van der Waals surface area contributed by atoms with Crippen LogP contribution in [0.4, 0.5) is 5.00 Å². The molecule has 3 heteroatoms. The Balaban J connectivity index is 2.85. The van der Waals surface area contributed by atoms with Crippen molar-refractivity contribution < 1.29 is 0 Å². The van der Waals surface area contributed by atoms with Gasteiger partial charge in [0.25, 0.3) is 0 Å². The number of nitrogens with two attached hydrogens (primary N) is 1. The van der Waals surface area contributed by atoms with Crippen LogP contribution in [0.3, 0.4) is 0 Å². The number of fused-ring (bicyclic) bond motifs is 1. The molecule has 0 aliphatic heterocycles. The second-order valence-electron chi connectivity index (χ2n) is 3.83. The Morgan fingerprint density at radius 1 is 1.40 bits per heavy atom. The number of rotatable bonds is 1. The van der Waals surface area contributed by atoms with E-state index in [9.17, 15) is 0 Å². The molecule has 1 aromatic carbocycles. The maximum atomic E-state index is 9.01. The molecule has 0 radical (unpaired) electrons. The Labute approximate surface area is 92.9 Å². The zero-order valence-electron chi connectivity index (χ0n) is 8.74. The summed E-state index contributed by atoms with van der Waals surface area (Å²) in [7, 11) is 0. The van der Waals surface area contributed by atoms with Crippen LogP contribution in [0.15, 0.2) is 18.2 Å². The van der Waals surface area contributed by atoms with Crippen molar-refractivity contribution in [1.29, 1.82) is 5.26 Å². The Kier molecular flexibility index (Phi) is 2.37. The van der Waals surface area contributed by atoms with Crippen LogP contribution in [0.1, 0.15) is 30.9 Å². The normalized spacial score (nSPS) is 10.8. The molecule has 0 unspecified atom stereocenters. The van der Waals surface area contributed by atoms with E-state index in [2.05, 4.69) is 26.0 Å². The molecule has 0 spiro atoms. The summed E-state index contributed by atoms with van der Waals surface area (Å²) >= 11 is 1.51. The number of anilines is 1. The van der Waals surface area contributed by atoms with Gasteiger partial charge in [-0.05, 0) is 11.5 Å². The van der Waals surface area contributed by atoms with Crippen LogP contribution in [-0.4, -0.2) is 0 Å². The van der Waals surface area contributed by atoms with Crippen LogP contribution in [-0.2, 0) is 0 Å². The van der Waals surface area contributed by atoms with Gasteiger partial charge in [0.2, 0.25) is 0 Å². The molecule has 0 aliphatic carbocycles. The van der Waals surface area contributed by atoms with Crippen molar-refractivity contribution in [3.63, 3.8) is 0 Å². The number of hydrogen-bond acceptors (Lipinski definition) is 3. The summed E-state index contributed by atoms with van der Waals surface area (Å²) < 4.78 is 1.15. The summed E-state index contributed by atoms with van der Waals surface area (Å²) in [5.41, 5.74) is 7.72. The van der Waals surface area contributed by atoms with Crippen LogP contribution >= 0.6 is 11.3 Å². The highest BCUT2D eigenvalue weighted by Crippen LogP contribution is 2.37. The molecule has 2 aromatic rings. The summed E-state index contributed by atoms with van der Waals surface area (Å²) in [5.74, 6) is 0.457. The molecule has 2 nitrogen and oxygen atoms in total. The molecule has 2 rings (SSSR count). The molecule has 0 bridgehead atoms. The predicted molar refractivity (Wildman–Crippen MR) is 65.0 cm³/mol. The van der Waals surface area contributed by atoms with Gasteiger partial charge >= 0.3 is 0 Å². The summed E-state index contributed by atoms with van der Waals surface area (Å²) in [6.07, 6.45) is 0. The average Bonchev–Trinajstić information content (AvgIpc) is 2.52. The molecular weight excluding hydrogens is 204 g/mol. The van der Waals surface area contributed by atoms with Crippen molar-refractivity contribution in [1.82, 2.24) is 0 Å². The fraction of sp³-hybridized carbons (Fsp3) is 0.250. The second kappa shape index (κ2) is 3.56. The third-order valence-corrected chi connectivity index (χ3v) is 3.59. The van der Waals surface area contributed by atoms with Gasteiger partial charge < -0.3 is 5.73 Å². The molecule has 0 atom stereocenters. The first-order chi connectivity index (χ1) is 7.15. The smallest absolute Gasteiger partial charge is 0.105 e. The van der Waals surface area contributed by atoms with Crippen LogP contribution < -0.4 is 5.73 Å². The Hall–Kier alpha value is -1.53. The molecular formula is C12H12N2S. The van der Waals surface area contributed by atoms with Gasteiger partial charge in [0.15, 0.2) is 0 Å². The van der Waals surface area contributed by atoms with Crippen LogP contribution in [0, 0.1) is 11.3 Å². The zero-order chi connectivity index (χ0) is 11.0. The van der Waals surface area contributed by atoms with Gasteiger partial charge in [0.1, 0.15) is 11.1 Å². The van der Waals surface area contributed by atoms with E-state index in [4.69, 9.17) is 11.0 Å². The maximum Gasteiger partial charge on any atom is 0.105 e. The van der Waals surface area contributed by atoms with E-state index in [1.165, 1.54) is 16.9 Å². The van der Waals surface area contributed by atoms with E-state index in [0.29, 0.717) is 16.5 Å². The summed E-state index contributed by atoms with van der Waals surface area (Å²) in [5, 5.41) is 10.6. The lowest BCUT2D eigenvalue weighted by Crippen LogP contribution is -1.86. The van der Waals surface area contributed by atoms with Gasteiger partial charge in [0.05, 0.1) is 5.56 Å². The lowest BCUT2D eigenvalue weighted by Gasteiger charge is -2.05. The van der Waals surface area contributed by atoms with Gasteiger partial charge in [-0.2, -0.15) is 5.26 Å². The summed E-state index contributed by atoms with van der Waals surface area (Å²) in [6.45, 7) is 4.30. The van der Waals surface area contributed by atoms with Crippen molar-refractivity contribution in [3.05, 3.63) is 29.3 Å². The minimum absolute atomic E-state index is 0.457. The third-order valence-electron chi connectivity index (χ3n) is 2.51. The Morgan fingerprint density at radius 2 is 2.13 bits per heavy atom. The minimum Gasteiger partial charge on any atom is -0.389 e. The number of thiophene rings is 1. The van der Waals surface area contributed by atoms with Crippen molar-refractivity contribution >= 4 is 26.4 Å². The molecule has 1 aromatic heterocycles. The highest BCUT2D eigenvalue weighted by atomic mass is 32.1. The molecule has 2 N–H and O–H groups in total. The van der Waals surface area contributed by atoms with E-state index in [1.807, 2.05) is 12.1 Å². The molecule has 15 heavy (non-hydrogen) atoms. The average molecular weight is 216 g/mol. The maximum absolute atomic E-state index is 9.01. The van der Waals surface area contributed by atoms with Crippen LogP contribution in [0.5, 0.6) is 0 Å². The largest absolute Gasteiger partial charge is 0.389 e. The second-order valence-corrected chi connectivity index (χ2v) is 4.88. The summed E-state index contributed by atoms with van der Waals surface area (Å²) in [6, 6.07) is 8.23. The number of hydrogen-bond donors (Lipinski definition) is 1. The van der Waals surface area contributed by atoms with Crippen LogP contribution in [0.25, 0.3) is 10.1 Å². The fourth-order valence-corrected chi connectivity index (χ4v) is 2.91. The van der Waals surface area contributed by atoms with Crippen molar-refractivity contribution in [2.24, 2.45) is 0 Å². The number of nitrogen functional groups attached to an aromatic ring is 1. The van der Waals surface area contributed by atoms with Crippen molar-refractivity contribution in [2.75, 3.05) is 5.73 Å². The lowest BCUT2D eigenvalue weighted by atomic mass is 10.0. The van der Waals surface area contributed by atoms with E-state index in [1.54, 1.807) is 0 Å².